The number of para-hydroxylation sites is 3. The Morgan fingerprint density at radius 3 is 2.60 bits per heavy atom. The zero-order valence-electron chi connectivity index (χ0n) is 21.1. The first kappa shape index (κ1) is 25.0. The fraction of sp³-hybridized carbons (Fsp3) is 0.483. The summed E-state index contributed by atoms with van der Waals surface area (Å²) in [7, 11) is 0. The lowest BCUT2D eigenvalue weighted by molar-refractivity contribution is -0.125. The predicted octanol–water partition coefficient (Wildman–Crippen LogP) is 5.28. The van der Waals surface area contributed by atoms with E-state index >= 15 is 0 Å². The Bertz CT molecular complexity index is 1150. The van der Waals surface area contributed by atoms with Crippen LogP contribution in [0.2, 0.25) is 0 Å². The average molecular weight is 475 g/mol. The molecule has 6 nitrogen and oxygen atoms in total. The molecule has 186 valence electrons. The zero-order chi connectivity index (χ0) is 24.6. The number of anilines is 1. The largest absolute Gasteiger partial charge is 0.356 e. The number of unbranched alkanes of at least 4 members (excludes halogenated alkanes) is 2. The van der Waals surface area contributed by atoms with Crippen LogP contribution in [0, 0.1) is 5.92 Å². The number of imidazole rings is 1. The van der Waals surface area contributed by atoms with Crippen LogP contribution < -0.4 is 10.2 Å². The van der Waals surface area contributed by atoms with E-state index in [1.54, 1.807) is 0 Å². The Morgan fingerprint density at radius 1 is 1.00 bits per heavy atom. The van der Waals surface area contributed by atoms with Gasteiger partial charge < -0.3 is 14.8 Å². The van der Waals surface area contributed by atoms with Gasteiger partial charge in [0.1, 0.15) is 12.4 Å². The van der Waals surface area contributed by atoms with Crippen molar-refractivity contribution in [2.75, 3.05) is 18.0 Å². The maximum atomic E-state index is 13.4. The molecule has 0 fully saturated rings. The van der Waals surface area contributed by atoms with E-state index in [1.807, 2.05) is 35.2 Å². The average Bonchev–Trinajstić information content (AvgIpc) is 3.23. The molecule has 3 aromatic rings. The number of fused-ring (bicyclic) bond motifs is 2. The van der Waals surface area contributed by atoms with E-state index in [1.165, 1.54) is 5.56 Å². The van der Waals surface area contributed by atoms with E-state index in [9.17, 15) is 9.59 Å². The number of hydrogen-bond donors (Lipinski definition) is 1. The minimum atomic E-state index is 0.116. The summed E-state index contributed by atoms with van der Waals surface area (Å²) >= 11 is 0. The molecule has 4 rings (SSSR count). The SMILES string of the molecule is CCC(CC)C(=O)NCCCCCc1nc2ccccc2n1CC(=O)N1CCCc2ccccc21. The number of rotatable bonds is 11. The van der Waals surface area contributed by atoms with Crippen molar-refractivity contribution < 1.29 is 9.59 Å². The summed E-state index contributed by atoms with van der Waals surface area (Å²) in [5.74, 6) is 1.38. The van der Waals surface area contributed by atoms with Crippen LogP contribution in [0.5, 0.6) is 0 Å². The molecule has 0 radical (unpaired) electrons. The molecule has 2 amide bonds. The topological polar surface area (TPSA) is 67.2 Å². The molecule has 0 unspecified atom stereocenters. The summed E-state index contributed by atoms with van der Waals surface area (Å²) in [5, 5.41) is 3.08. The van der Waals surface area contributed by atoms with Crippen molar-refractivity contribution in [2.24, 2.45) is 5.92 Å². The maximum Gasteiger partial charge on any atom is 0.246 e. The number of carbonyl (C=O) groups is 2. The fourth-order valence-electron chi connectivity index (χ4n) is 5.11. The third-order valence-electron chi connectivity index (χ3n) is 7.17. The minimum Gasteiger partial charge on any atom is -0.356 e. The minimum absolute atomic E-state index is 0.116. The molecular weight excluding hydrogens is 436 g/mol. The van der Waals surface area contributed by atoms with E-state index in [0.717, 1.165) is 87.0 Å². The summed E-state index contributed by atoms with van der Waals surface area (Å²) in [5.41, 5.74) is 4.25. The van der Waals surface area contributed by atoms with Gasteiger partial charge in [0.15, 0.2) is 0 Å². The lowest BCUT2D eigenvalue weighted by Gasteiger charge is -2.29. The van der Waals surface area contributed by atoms with Gasteiger partial charge in [-0.25, -0.2) is 4.98 Å². The highest BCUT2D eigenvalue weighted by atomic mass is 16.2. The first-order valence-electron chi connectivity index (χ1n) is 13.2. The molecule has 1 aliphatic rings. The van der Waals surface area contributed by atoms with Gasteiger partial charge in [0, 0.05) is 31.1 Å². The van der Waals surface area contributed by atoms with Crippen molar-refractivity contribution in [3.63, 3.8) is 0 Å². The highest BCUT2D eigenvalue weighted by molar-refractivity contribution is 5.95. The number of carbonyl (C=O) groups excluding carboxylic acids is 2. The number of hydrogen-bond acceptors (Lipinski definition) is 3. The lowest BCUT2D eigenvalue weighted by atomic mass is 10.0. The highest BCUT2D eigenvalue weighted by Crippen LogP contribution is 2.27. The van der Waals surface area contributed by atoms with Crippen LogP contribution in [0.4, 0.5) is 5.69 Å². The number of amides is 2. The molecule has 0 aliphatic carbocycles. The molecule has 6 heteroatoms. The van der Waals surface area contributed by atoms with Crippen LogP contribution in [0.1, 0.15) is 63.8 Å². The van der Waals surface area contributed by atoms with Crippen molar-refractivity contribution in [3.8, 4) is 0 Å². The van der Waals surface area contributed by atoms with Crippen LogP contribution in [0.15, 0.2) is 48.5 Å². The van der Waals surface area contributed by atoms with E-state index in [4.69, 9.17) is 4.98 Å². The van der Waals surface area contributed by atoms with Crippen molar-refractivity contribution in [1.82, 2.24) is 14.9 Å². The summed E-state index contributed by atoms with van der Waals surface area (Å²) in [4.78, 5) is 32.4. The number of aryl methyl sites for hydroxylation is 2. The van der Waals surface area contributed by atoms with Gasteiger partial charge in [-0.2, -0.15) is 0 Å². The Morgan fingerprint density at radius 2 is 1.77 bits per heavy atom. The zero-order valence-corrected chi connectivity index (χ0v) is 21.1. The predicted molar refractivity (Wildman–Crippen MR) is 141 cm³/mol. The monoisotopic (exact) mass is 474 g/mol. The highest BCUT2D eigenvalue weighted by Gasteiger charge is 2.24. The molecule has 0 atom stereocenters. The fourth-order valence-corrected chi connectivity index (χ4v) is 5.11. The molecule has 2 heterocycles. The number of aromatic nitrogens is 2. The molecule has 0 saturated carbocycles. The molecular formula is C29H38N4O2. The van der Waals surface area contributed by atoms with Gasteiger partial charge in [-0.1, -0.05) is 50.6 Å². The van der Waals surface area contributed by atoms with Crippen LogP contribution >= 0.6 is 0 Å². The van der Waals surface area contributed by atoms with Gasteiger partial charge in [-0.15, -0.1) is 0 Å². The summed E-state index contributed by atoms with van der Waals surface area (Å²) in [6.45, 7) is 5.91. The van der Waals surface area contributed by atoms with E-state index in [-0.39, 0.29) is 17.7 Å². The summed E-state index contributed by atoms with van der Waals surface area (Å²) in [6, 6.07) is 16.3. The second-order valence-electron chi connectivity index (χ2n) is 9.50. The third-order valence-corrected chi connectivity index (χ3v) is 7.17. The molecule has 0 saturated heterocycles. The van der Waals surface area contributed by atoms with Crippen molar-refractivity contribution >= 4 is 28.5 Å². The van der Waals surface area contributed by atoms with E-state index in [0.29, 0.717) is 6.54 Å². The molecule has 1 N–H and O–H groups in total. The normalized spacial score (nSPS) is 13.3. The van der Waals surface area contributed by atoms with E-state index < -0.39 is 0 Å². The van der Waals surface area contributed by atoms with Gasteiger partial charge in [0.05, 0.1) is 11.0 Å². The van der Waals surface area contributed by atoms with Gasteiger partial charge in [0.25, 0.3) is 0 Å². The summed E-state index contributed by atoms with van der Waals surface area (Å²) in [6.07, 6.45) is 7.56. The molecule has 0 bridgehead atoms. The van der Waals surface area contributed by atoms with E-state index in [2.05, 4.69) is 41.9 Å². The van der Waals surface area contributed by atoms with Gasteiger partial charge in [0.2, 0.25) is 11.8 Å². The van der Waals surface area contributed by atoms with Gasteiger partial charge in [-0.05, 0) is 62.3 Å². The lowest BCUT2D eigenvalue weighted by Crippen LogP contribution is -2.38. The Hall–Kier alpha value is -3.15. The number of benzene rings is 2. The number of nitrogens with zero attached hydrogens (tertiary/aromatic N) is 3. The van der Waals surface area contributed by atoms with Crippen LogP contribution in [0.25, 0.3) is 11.0 Å². The van der Waals surface area contributed by atoms with Crippen molar-refractivity contribution in [1.29, 1.82) is 0 Å². The number of nitrogens with one attached hydrogen (secondary N) is 1. The van der Waals surface area contributed by atoms with Crippen LogP contribution in [-0.2, 0) is 29.0 Å². The first-order chi connectivity index (χ1) is 17.1. The van der Waals surface area contributed by atoms with Crippen LogP contribution in [-0.4, -0.2) is 34.5 Å². The Labute approximate surface area is 208 Å². The maximum absolute atomic E-state index is 13.4. The van der Waals surface area contributed by atoms with Crippen LogP contribution in [0.3, 0.4) is 0 Å². The molecule has 1 aromatic heterocycles. The van der Waals surface area contributed by atoms with Gasteiger partial charge >= 0.3 is 0 Å². The quantitative estimate of drug-likeness (QED) is 0.385. The Kier molecular flexibility index (Phi) is 8.56. The third kappa shape index (κ3) is 5.92. The first-order valence-corrected chi connectivity index (χ1v) is 13.2. The second kappa shape index (κ2) is 12.0. The molecule has 0 spiro atoms. The Balaban J connectivity index is 1.38. The molecule has 2 aromatic carbocycles. The van der Waals surface area contributed by atoms with Crippen molar-refractivity contribution in [2.45, 2.75) is 71.8 Å². The van der Waals surface area contributed by atoms with Crippen molar-refractivity contribution in [3.05, 3.63) is 59.9 Å². The standard InChI is InChI=1S/C29H38N4O2/c1-3-22(4-2)29(35)30-19-11-5-6-18-27-31-24-15-8-10-17-26(24)33(27)21-28(34)32-20-12-14-23-13-7-9-16-25(23)32/h7-10,13,15-17,22H,3-6,11-12,14,18-21H2,1-2H3,(H,30,35). The second-order valence-corrected chi connectivity index (χ2v) is 9.50. The summed E-state index contributed by atoms with van der Waals surface area (Å²) < 4.78 is 2.10. The molecule has 35 heavy (non-hydrogen) atoms. The van der Waals surface area contributed by atoms with Gasteiger partial charge in [-0.3, -0.25) is 9.59 Å². The smallest absolute Gasteiger partial charge is 0.246 e. The molecule has 1 aliphatic heterocycles.